The van der Waals surface area contributed by atoms with E-state index < -0.39 is 0 Å². The third-order valence-electron chi connectivity index (χ3n) is 3.62. The average Bonchev–Trinajstić information content (AvgIpc) is 2.41. The van der Waals surface area contributed by atoms with Crippen LogP contribution in [0.1, 0.15) is 35.7 Å². The summed E-state index contributed by atoms with van der Waals surface area (Å²) in [6.07, 6.45) is 3.28. The molecule has 1 aromatic rings. The van der Waals surface area contributed by atoms with Gasteiger partial charge in [-0.05, 0) is 36.1 Å². The molecule has 3 heteroatoms. The van der Waals surface area contributed by atoms with E-state index in [1.165, 1.54) is 5.56 Å². The van der Waals surface area contributed by atoms with Crippen LogP contribution in [0, 0.1) is 5.92 Å². The first-order valence-corrected chi connectivity index (χ1v) is 7.37. The Morgan fingerprint density at radius 2 is 2.17 bits per heavy atom. The summed E-state index contributed by atoms with van der Waals surface area (Å²) >= 11 is 4.40. The van der Waals surface area contributed by atoms with Gasteiger partial charge in [-0.25, -0.2) is 0 Å². The molecule has 1 aliphatic heterocycles. The van der Waals surface area contributed by atoms with Crippen molar-refractivity contribution in [2.45, 2.75) is 26.2 Å². The highest BCUT2D eigenvalue weighted by atomic mass is 32.1. The maximum absolute atomic E-state index is 12.4. The van der Waals surface area contributed by atoms with E-state index in [-0.39, 0.29) is 5.91 Å². The van der Waals surface area contributed by atoms with Crippen LogP contribution in [0.15, 0.2) is 24.3 Å². The van der Waals surface area contributed by atoms with E-state index in [4.69, 9.17) is 0 Å². The Hall–Kier alpha value is -0.960. The highest BCUT2D eigenvalue weighted by Crippen LogP contribution is 2.20. The van der Waals surface area contributed by atoms with Crippen LogP contribution in [0.2, 0.25) is 0 Å². The lowest BCUT2D eigenvalue weighted by Gasteiger charge is -2.31. The summed E-state index contributed by atoms with van der Waals surface area (Å²) in [6.45, 7) is 3.89. The topological polar surface area (TPSA) is 20.3 Å². The van der Waals surface area contributed by atoms with Crippen molar-refractivity contribution in [2.75, 3.05) is 18.8 Å². The van der Waals surface area contributed by atoms with Crippen LogP contribution >= 0.6 is 12.6 Å². The monoisotopic (exact) mass is 263 g/mol. The van der Waals surface area contributed by atoms with Crippen molar-refractivity contribution in [1.82, 2.24) is 4.90 Å². The van der Waals surface area contributed by atoms with Crippen molar-refractivity contribution < 1.29 is 4.79 Å². The first kappa shape index (κ1) is 13.5. The number of amides is 1. The molecule has 2 nitrogen and oxygen atoms in total. The van der Waals surface area contributed by atoms with Crippen molar-refractivity contribution in [2.24, 2.45) is 5.92 Å². The quantitative estimate of drug-likeness (QED) is 0.810. The Morgan fingerprint density at radius 3 is 2.89 bits per heavy atom. The van der Waals surface area contributed by atoms with Crippen LogP contribution in [0.25, 0.3) is 0 Å². The van der Waals surface area contributed by atoms with Crippen molar-refractivity contribution in [3.05, 3.63) is 35.4 Å². The Labute approximate surface area is 115 Å². The molecule has 0 N–H and O–H groups in total. The second-order valence-electron chi connectivity index (χ2n) is 5.00. The molecule has 0 saturated heterocycles. The van der Waals surface area contributed by atoms with Gasteiger partial charge in [-0.1, -0.05) is 31.5 Å². The molecule has 1 amide bonds. The molecule has 1 unspecified atom stereocenters. The zero-order valence-electron chi connectivity index (χ0n) is 10.9. The lowest BCUT2D eigenvalue weighted by molar-refractivity contribution is 0.0714. The largest absolute Gasteiger partial charge is 0.338 e. The van der Waals surface area contributed by atoms with Crippen LogP contribution in [0.5, 0.6) is 0 Å². The summed E-state index contributed by atoms with van der Waals surface area (Å²) in [7, 11) is 0. The Bertz CT molecular complexity index is 419. The zero-order valence-corrected chi connectivity index (χ0v) is 11.8. The number of rotatable bonds is 5. The fraction of sp³-hybridized carbons (Fsp3) is 0.533. The minimum Gasteiger partial charge on any atom is -0.338 e. The number of hydrogen-bond acceptors (Lipinski definition) is 2. The van der Waals surface area contributed by atoms with Gasteiger partial charge in [-0.15, -0.1) is 0 Å². The standard InChI is InChI=1S/C15H21NOS/c1-2-5-12(11-18)10-16-9-8-13-6-3-4-7-14(13)15(16)17/h3-4,6-7,12,18H,2,5,8-11H2,1H3. The Morgan fingerprint density at radius 1 is 1.39 bits per heavy atom. The van der Waals surface area contributed by atoms with Gasteiger partial charge in [0, 0.05) is 18.7 Å². The van der Waals surface area contributed by atoms with Crippen molar-refractivity contribution >= 4 is 18.5 Å². The van der Waals surface area contributed by atoms with Gasteiger partial charge in [0.2, 0.25) is 0 Å². The summed E-state index contributed by atoms with van der Waals surface area (Å²) in [5.41, 5.74) is 2.08. The summed E-state index contributed by atoms with van der Waals surface area (Å²) in [5.74, 6) is 1.58. The van der Waals surface area contributed by atoms with Crippen LogP contribution in [-0.2, 0) is 6.42 Å². The first-order valence-electron chi connectivity index (χ1n) is 6.74. The predicted octanol–water partition coefficient (Wildman–Crippen LogP) is 3.03. The molecular weight excluding hydrogens is 242 g/mol. The van der Waals surface area contributed by atoms with Crippen LogP contribution in [-0.4, -0.2) is 29.6 Å². The number of benzene rings is 1. The normalized spacial score (nSPS) is 16.6. The molecule has 0 aromatic heterocycles. The maximum Gasteiger partial charge on any atom is 0.254 e. The average molecular weight is 263 g/mol. The zero-order chi connectivity index (χ0) is 13.0. The van der Waals surface area contributed by atoms with Gasteiger partial charge >= 0.3 is 0 Å². The molecule has 1 atom stereocenters. The third-order valence-corrected chi connectivity index (χ3v) is 4.14. The minimum absolute atomic E-state index is 0.194. The van der Waals surface area contributed by atoms with Crippen LogP contribution < -0.4 is 0 Å². The van der Waals surface area contributed by atoms with Crippen LogP contribution in [0.3, 0.4) is 0 Å². The van der Waals surface area contributed by atoms with E-state index in [9.17, 15) is 4.79 Å². The predicted molar refractivity (Wildman–Crippen MR) is 78.3 cm³/mol. The number of thiol groups is 1. The summed E-state index contributed by atoms with van der Waals surface area (Å²) < 4.78 is 0. The first-order chi connectivity index (χ1) is 8.76. The number of nitrogens with zero attached hydrogens (tertiary/aromatic N) is 1. The molecule has 0 bridgehead atoms. The molecule has 18 heavy (non-hydrogen) atoms. The van der Waals surface area contributed by atoms with E-state index in [1.54, 1.807) is 0 Å². The molecule has 0 spiro atoms. The number of carbonyl (C=O) groups excluding carboxylic acids is 1. The van der Waals surface area contributed by atoms with Gasteiger partial charge < -0.3 is 4.90 Å². The van der Waals surface area contributed by atoms with Crippen molar-refractivity contribution in [1.29, 1.82) is 0 Å². The van der Waals surface area contributed by atoms with E-state index in [2.05, 4.69) is 25.6 Å². The molecular formula is C15H21NOS. The molecule has 98 valence electrons. The third kappa shape index (κ3) is 2.89. The van der Waals surface area contributed by atoms with Gasteiger partial charge in [0.25, 0.3) is 5.91 Å². The lowest BCUT2D eigenvalue weighted by Crippen LogP contribution is -2.41. The van der Waals surface area contributed by atoms with Gasteiger partial charge in [-0.2, -0.15) is 12.6 Å². The van der Waals surface area contributed by atoms with Gasteiger partial charge in [-0.3, -0.25) is 4.79 Å². The molecule has 1 aromatic carbocycles. The molecule has 0 saturated carbocycles. The summed E-state index contributed by atoms with van der Waals surface area (Å²) in [4.78, 5) is 14.4. The number of carbonyl (C=O) groups is 1. The van der Waals surface area contributed by atoms with E-state index in [0.29, 0.717) is 5.92 Å². The molecule has 0 aliphatic carbocycles. The van der Waals surface area contributed by atoms with Crippen LogP contribution in [0.4, 0.5) is 0 Å². The summed E-state index contributed by atoms with van der Waals surface area (Å²) in [6, 6.07) is 7.96. The fourth-order valence-electron chi connectivity index (χ4n) is 2.61. The number of hydrogen-bond donors (Lipinski definition) is 1. The van der Waals surface area contributed by atoms with Gasteiger partial charge in [0.05, 0.1) is 0 Å². The van der Waals surface area contributed by atoms with Gasteiger partial charge in [0.15, 0.2) is 0 Å². The minimum atomic E-state index is 0.194. The SMILES string of the molecule is CCCC(CS)CN1CCc2ccccc2C1=O. The van der Waals surface area contributed by atoms with Crippen molar-refractivity contribution in [3.8, 4) is 0 Å². The second-order valence-corrected chi connectivity index (χ2v) is 5.36. The lowest BCUT2D eigenvalue weighted by atomic mass is 9.97. The maximum atomic E-state index is 12.4. The second kappa shape index (κ2) is 6.28. The van der Waals surface area contributed by atoms with Crippen molar-refractivity contribution in [3.63, 3.8) is 0 Å². The van der Waals surface area contributed by atoms with Gasteiger partial charge in [0.1, 0.15) is 0 Å². The Kier molecular flexibility index (Phi) is 4.70. The molecule has 1 heterocycles. The Balaban J connectivity index is 2.07. The molecule has 1 aliphatic rings. The highest BCUT2D eigenvalue weighted by Gasteiger charge is 2.25. The smallest absolute Gasteiger partial charge is 0.254 e. The molecule has 0 radical (unpaired) electrons. The number of fused-ring (bicyclic) bond motifs is 1. The fourth-order valence-corrected chi connectivity index (χ4v) is 2.91. The molecule has 0 fully saturated rings. The highest BCUT2D eigenvalue weighted by molar-refractivity contribution is 7.80. The van der Waals surface area contributed by atoms with E-state index in [0.717, 1.165) is 43.7 Å². The van der Waals surface area contributed by atoms with E-state index >= 15 is 0 Å². The summed E-state index contributed by atoms with van der Waals surface area (Å²) in [5, 5.41) is 0. The van der Waals surface area contributed by atoms with E-state index in [1.807, 2.05) is 23.1 Å². The molecule has 2 rings (SSSR count).